The summed E-state index contributed by atoms with van der Waals surface area (Å²) in [5.41, 5.74) is 0.293. The minimum Gasteiger partial charge on any atom is -0.493 e. The molecule has 0 unspecified atom stereocenters. The summed E-state index contributed by atoms with van der Waals surface area (Å²) in [6.07, 6.45) is 2.17. The number of hydrogen-bond donors (Lipinski definition) is 1. The van der Waals surface area contributed by atoms with Crippen LogP contribution in [0.25, 0.3) is 0 Å². The Hall–Kier alpha value is -2.75. The number of nitrogens with zero attached hydrogens (tertiary/aromatic N) is 4. The number of hydrogen-bond acceptors (Lipinski definition) is 7. The molecule has 0 aliphatic rings. The normalized spacial score (nSPS) is 11.0. The summed E-state index contributed by atoms with van der Waals surface area (Å²) in [5.74, 6) is 0.949. The summed E-state index contributed by atoms with van der Waals surface area (Å²) in [6, 6.07) is 2.98. The van der Waals surface area contributed by atoms with Crippen LogP contribution in [0.5, 0.6) is 11.5 Å². The molecule has 0 aliphatic carbocycles. The van der Waals surface area contributed by atoms with Crippen LogP contribution in [0.1, 0.15) is 24.7 Å². The topological polar surface area (TPSA) is 108 Å². The van der Waals surface area contributed by atoms with Gasteiger partial charge in [0.2, 0.25) is 10.5 Å². The number of nitrogens with one attached hydrogen (secondary N) is 1. The summed E-state index contributed by atoms with van der Waals surface area (Å²) in [4.78, 5) is 10.8. The van der Waals surface area contributed by atoms with E-state index in [1.165, 1.54) is 24.1 Å². The molecule has 128 valence electrons. The molecule has 9 nitrogen and oxygen atoms in total. The van der Waals surface area contributed by atoms with Gasteiger partial charge in [-0.25, -0.2) is 0 Å². The number of nitro groups is 1. The lowest BCUT2D eigenvalue weighted by molar-refractivity contribution is -0.386. The van der Waals surface area contributed by atoms with E-state index in [0.29, 0.717) is 22.8 Å². The molecule has 10 heteroatoms. The Labute approximate surface area is 143 Å². The lowest BCUT2D eigenvalue weighted by Crippen LogP contribution is -2.03. The first-order chi connectivity index (χ1) is 11.5. The quantitative estimate of drug-likeness (QED) is 0.356. The molecule has 2 aromatic rings. The smallest absolute Gasteiger partial charge is 0.315 e. The Morgan fingerprint density at radius 2 is 2.29 bits per heavy atom. The lowest BCUT2D eigenvalue weighted by atomic mass is 10.2. The van der Waals surface area contributed by atoms with Gasteiger partial charge < -0.3 is 9.47 Å². The van der Waals surface area contributed by atoms with Crippen LogP contribution in [0.4, 0.5) is 5.69 Å². The van der Waals surface area contributed by atoms with Crippen LogP contribution in [-0.4, -0.2) is 39.7 Å². The minimum absolute atomic E-state index is 0.109. The highest BCUT2D eigenvalue weighted by atomic mass is 32.1. The Morgan fingerprint density at radius 1 is 1.54 bits per heavy atom. The van der Waals surface area contributed by atoms with Gasteiger partial charge in [0, 0.05) is 11.6 Å². The molecule has 0 bridgehead atoms. The van der Waals surface area contributed by atoms with Crippen LogP contribution in [0.2, 0.25) is 0 Å². The molecular formula is C14H17N5O4S. The third kappa shape index (κ3) is 3.77. The highest BCUT2D eigenvalue weighted by molar-refractivity contribution is 7.71. The number of rotatable bonds is 7. The minimum atomic E-state index is -0.514. The van der Waals surface area contributed by atoms with Crippen molar-refractivity contribution in [2.75, 3.05) is 13.7 Å². The van der Waals surface area contributed by atoms with Crippen molar-refractivity contribution in [3.8, 4) is 11.5 Å². The van der Waals surface area contributed by atoms with E-state index in [4.69, 9.17) is 21.7 Å². The number of nitro benzene ring substituents is 1. The number of aromatic nitrogens is 3. The molecular weight excluding hydrogens is 334 g/mol. The summed E-state index contributed by atoms with van der Waals surface area (Å²) in [5, 5.41) is 22.1. The molecule has 0 spiro atoms. The fraction of sp³-hybridized carbons (Fsp3) is 0.357. The van der Waals surface area contributed by atoms with Crippen LogP contribution in [0.15, 0.2) is 17.2 Å². The van der Waals surface area contributed by atoms with Crippen molar-refractivity contribution in [2.24, 2.45) is 5.10 Å². The fourth-order valence-corrected chi connectivity index (χ4v) is 2.17. The van der Waals surface area contributed by atoms with E-state index >= 15 is 0 Å². The lowest BCUT2D eigenvalue weighted by Gasteiger charge is -2.11. The number of H-pyrrole nitrogens is 1. The van der Waals surface area contributed by atoms with Crippen molar-refractivity contribution in [3.63, 3.8) is 0 Å². The standard InChI is InChI=1S/C14H17N5O4S/c1-4-5-23-13-11(19(20)21)6-10(7-12(13)22-3)8-15-18-9(2)16-17-14(18)24/h6-8H,4-5H2,1-3H3,(H,17,24)/b15-8-. The van der Waals surface area contributed by atoms with E-state index in [2.05, 4.69) is 15.3 Å². The van der Waals surface area contributed by atoms with E-state index in [-0.39, 0.29) is 17.2 Å². The van der Waals surface area contributed by atoms with Crippen molar-refractivity contribution < 1.29 is 14.4 Å². The van der Waals surface area contributed by atoms with Gasteiger partial charge in [0.1, 0.15) is 5.82 Å². The largest absolute Gasteiger partial charge is 0.493 e. The van der Waals surface area contributed by atoms with Gasteiger partial charge in [-0.3, -0.25) is 15.2 Å². The maximum absolute atomic E-state index is 11.3. The third-order valence-corrected chi connectivity index (χ3v) is 3.32. The molecule has 1 aromatic carbocycles. The monoisotopic (exact) mass is 351 g/mol. The molecule has 1 heterocycles. The summed E-state index contributed by atoms with van der Waals surface area (Å²) >= 11 is 5.05. The first-order valence-corrected chi connectivity index (χ1v) is 7.56. The second-order valence-corrected chi connectivity index (χ2v) is 5.20. The molecule has 0 aliphatic heterocycles. The fourth-order valence-electron chi connectivity index (χ4n) is 1.95. The van der Waals surface area contributed by atoms with Crippen LogP contribution in [0, 0.1) is 21.8 Å². The van der Waals surface area contributed by atoms with Crippen molar-refractivity contribution in [1.82, 2.24) is 14.9 Å². The molecule has 1 N–H and O–H groups in total. The summed E-state index contributed by atoms with van der Waals surface area (Å²) in [6.45, 7) is 4.00. The number of benzene rings is 1. The highest BCUT2D eigenvalue weighted by Crippen LogP contribution is 2.38. The average molecular weight is 351 g/mol. The van der Waals surface area contributed by atoms with Crippen LogP contribution in [0.3, 0.4) is 0 Å². The molecule has 0 saturated heterocycles. The van der Waals surface area contributed by atoms with Crippen LogP contribution < -0.4 is 9.47 Å². The number of aryl methyl sites for hydroxylation is 1. The SMILES string of the molecule is CCCOc1c(OC)cc(/C=N\n2c(C)n[nH]c2=S)cc1[N+](=O)[O-]. The Bertz CT molecular complexity index is 827. The highest BCUT2D eigenvalue weighted by Gasteiger charge is 2.21. The second kappa shape index (κ2) is 7.68. The number of methoxy groups -OCH3 is 1. The maximum atomic E-state index is 11.3. The number of aromatic amines is 1. The summed E-state index contributed by atoms with van der Waals surface area (Å²) in [7, 11) is 1.43. The Balaban J connectivity index is 2.46. The summed E-state index contributed by atoms with van der Waals surface area (Å²) < 4.78 is 12.4. The van der Waals surface area contributed by atoms with Gasteiger partial charge in [-0.15, -0.1) is 0 Å². The van der Waals surface area contributed by atoms with Gasteiger partial charge in [0.15, 0.2) is 5.75 Å². The molecule has 2 rings (SSSR count). The molecule has 1 aromatic heterocycles. The first-order valence-electron chi connectivity index (χ1n) is 7.15. The molecule has 24 heavy (non-hydrogen) atoms. The van der Waals surface area contributed by atoms with E-state index in [1.807, 2.05) is 6.92 Å². The number of ether oxygens (including phenoxy) is 2. The Morgan fingerprint density at radius 3 is 2.83 bits per heavy atom. The zero-order valence-electron chi connectivity index (χ0n) is 13.5. The predicted molar refractivity (Wildman–Crippen MR) is 90.6 cm³/mol. The van der Waals surface area contributed by atoms with E-state index < -0.39 is 4.92 Å². The van der Waals surface area contributed by atoms with Crippen molar-refractivity contribution >= 4 is 24.1 Å². The van der Waals surface area contributed by atoms with Crippen molar-refractivity contribution in [3.05, 3.63) is 38.4 Å². The predicted octanol–water partition coefficient (Wildman–Crippen LogP) is 2.84. The zero-order chi connectivity index (χ0) is 17.7. The second-order valence-electron chi connectivity index (χ2n) is 4.81. The van der Waals surface area contributed by atoms with Crippen molar-refractivity contribution in [1.29, 1.82) is 0 Å². The van der Waals surface area contributed by atoms with Gasteiger partial charge >= 0.3 is 5.69 Å². The average Bonchev–Trinajstić information content (AvgIpc) is 2.88. The van der Waals surface area contributed by atoms with Gasteiger partial charge in [-0.2, -0.15) is 14.9 Å². The zero-order valence-corrected chi connectivity index (χ0v) is 14.3. The maximum Gasteiger partial charge on any atom is 0.315 e. The van der Waals surface area contributed by atoms with E-state index in [9.17, 15) is 10.1 Å². The van der Waals surface area contributed by atoms with Crippen molar-refractivity contribution in [2.45, 2.75) is 20.3 Å². The van der Waals surface area contributed by atoms with Crippen LogP contribution in [-0.2, 0) is 0 Å². The molecule has 0 saturated carbocycles. The molecule has 0 fully saturated rings. The van der Waals surface area contributed by atoms with E-state index in [0.717, 1.165) is 6.42 Å². The first kappa shape index (κ1) is 17.6. The van der Waals surface area contributed by atoms with Gasteiger partial charge in [0.05, 0.1) is 24.9 Å². The van der Waals surface area contributed by atoms with Gasteiger partial charge in [-0.1, -0.05) is 6.92 Å². The Kier molecular flexibility index (Phi) is 5.64. The van der Waals surface area contributed by atoms with E-state index in [1.54, 1.807) is 13.0 Å². The van der Waals surface area contributed by atoms with Gasteiger partial charge in [0.25, 0.3) is 0 Å². The molecule has 0 atom stereocenters. The molecule has 0 radical (unpaired) electrons. The van der Waals surface area contributed by atoms with Crippen LogP contribution >= 0.6 is 12.2 Å². The van der Waals surface area contributed by atoms with Gasteiger partial charge in [-0.05, 0) is 31.6 Å². The third-order valence-electron chi connectivity index (χ3n) is 3.06. The molecule has 0 amide bonds.